The lowest BCUT2D eigenvalue weighted by Crippen LogP contribution is -2.35. The Kier molecular flexibility index (Phi) is 5.90. The van der Waals surface area contributed by atoms with E-state index in [1.54, 1.807) is 0 Å². The molecule has 1 aliphatic rings. The summed E-state index contributed by atoms with van der Waals surface area (Å²) in [5.74, 6) is 0.663. The molecule has 5 nitrogen and oxygen atoms in total. The maximum atomic E-state index is 12.1. The second-order valence-electron chi connectivity index (χ2n) is 6.24. The minimum Gasteiger partial charge on any atom is -0.487 e. The summed E-state index contributed by atoms with van der Waals surface area (Å²) in [4.78, 5) is 12.1. The highest BCUT2D eigenvalue weighted by Crippen LogP contribution is 2.26. The third-order valence-corrected chi connectivity index (χ3v) is 4.14. The van der Waals surface area contributed by atoms with Crippen molar-refractivity contribution in [1.82, 2.24) is 5.32 Å². The molecule has 0 aliphatic carbocycles. The average Bonchev–Trinajstić information content (AvgIpc) is 3.15. The van der Waals surface area contributed by atoms with Crippen molar-refractivity contribution >= 4 is 11.7 Å². The highest BCUT2D eigenvalue weighted by molar-refractivity contribution is 5.91. The molecule has 1 atom stereocenters. The maximum Gasteiger partial charge on any atom is 0.319 e. The van der Waals surface area contributed by atoms with E-state index in [0.717, 1.165) is 30.6 Å². The molecular formula is C20H24N2O3. The standard InChI is InChI=1S/C20H24N2O3/c1-15-9-10-18(22-20(23)21-13-17-8-5-11-24-17)19(12-15)25-14-16-6-3-2-4-7-16/h2-4,6-7,9-10,12,17H,5,8,11,13-14H2,1H3,(H2,21,22,23). The van der Waals surface area contributed by atoms with Crippen LogP contribution in [0.5, 0.6) is 5.75 Å². The van der Waals surface area contributed by atoms with Crippen molar-refractivity contribution in [2.45, 2.75) is 32.5 Å². The first-order valence-electron chi connectivity index (χ1n) is 8.64. The van der Waals surface area contributed by atoms with Gasteiger partial charge in [0.05, 0.1) is 11.8 Å². The molecule has 0 radical (unpaired) electrons. The Hall–Kier alpha value is -2.53. The second kappa shape index (κ2) is 8.53. The van der Waals surface area contributed by atoms with Gasteiger partial charge in [-0.05, 0) is 43.0 Å². The number of benzene rings is 2. The third kappa shape index (κ3) is 5.22. The summed E-state index contributed by atoms with van der Waals surface area (Å²) in [5, 5.41) is 5.73. The molecule has 5 heteroatoms. The summed E-state index contributed by atoms with van der Waals surface area (Å²) < 4.78 is 11.4. The van der Waals surface area contributed by atoms with Gasteiger partial charge in [0.25, 0.3) is 0 Å². The minimum absolute atomic E-state index is 0.123. The molecule has 1 fully saturated rings. The fourth-order valence-corrected chi connectivity index (χ4v) is 2.77. The first kappa shape index (κ1) is 17.3. The highest BCUT2D eigenvalue weighted by atomic mass is 16.5. The predicted octanol–water partition coefficient (Wildman–Crippen LogP) is 3.87. The first-order valence-corrected chi connectivity index (χ1v) is 8.64. The molecule has 2 aromatic carbocycles. The SMILES string of the molecule is Cc1ccc(NC(=O)NCC2CCCO2)c(OCc2ccccc2)c1. The number of carbonyl (C=O) groups is 1. The Morgan fingerprint density at radius 3 is 2.84 bits per heavy atom. The Labute approximate surface area is 148 Å². The molecule has 132 valence electrons. The van der Waals surface area contributed by atoms with E-state index < -0.39 is 0 Å². The number of nitrogens with one attached hydrogen (secondary N) is 2. The normalized spacial score (nSPS) is 16.4. The Morgan fingerprint density at radius 2 is 2.08 bits per heavy atom. The molecule has 2 amide bonds. The minimum atomic E-state index is -0.246. The number of anilines is 1. The van der Waals surface area contributed by atoms with Gasteiger partial charge in [-0.15, -0.1) is 0 Å². The fraction of sp³-hybridized carbons (Fsp3) is 0.350. The van der Waals surface area contributed by atoms with Crippen LogP contribution in [0.1, 0.15) is 24.0 Å². The van der Waals surface area contributed by atoms with Crippen molar-refractivity contribution in [2.24, 2.45) is 0 Å². The third-order valence-electron chi connectivity index (χ3n) is 4.14. The Bertz CT molecular complexity index is 697. The lowest BCUT2D eigenvalue weighted by molar-refractivity contribution is 0.112. The van der Waals surface area contributed by atoms with Crippen molar-refractivity contribution in [1.29, 1.82) is 0 Å². The van der Waals surface area contributed by atoms with Gasteiger partial charge in [-0.25, -0.2) is 4.79 Å². The van der Waals surface area contributed by atoms with Crippen LogP contribution in [0.4, 0.5) is 10.5 Å². The van der Waals surface area contributed by atoms with Crippen molar-refractivity contribution in [3.05, 3.63) is 59.7 Å². The van der Waals surface area contributed by atoms with Crippen LogP contribution in [0.25, 0.3) is 0 Å². The van der Waals surface area contributed by atoms with Crippen LogP contribution in [-0.2, 0) is 11.3 Å². The molecule has 3 rings (SSSR count). The van der Waals surface area contributed by atoms with Gasteiger partial charge in [-0.1, -0.05) is 36.4 Å². The van der Waals surface area contributed by atoms with Gasteiger partial charge < -0.3 is 20.1 Å². The van der Waals surface area contributed by atoms with Gasteiger partial charge in [0.2, 0.25) is 0 Å². The van der Waals surface area contributed by atoms with Gasteiger partial charge in [0.1, 0.15) is 12.4 Å². The van der Waals surface area contributed by atoms with E-state index in [9.17, 15) is 4.79 Å². The first-order chi connectivity index (χ1) is 12.2. The summed E-state index contributed by atoms with van der Waals surface area (Å²) in [6, 6.07) is 15.4. The highest BCUT2D eigenvalue weighted by Gasteiger charge is 2.16. The summed E-state index contributed by atoms with van der Waals surface area (Å²) >= 11 is 0. The van der Waals surface area contributed by atoms with Gasteiger partial charge in [-0.3, -0.25) is 0 Å². The molecule has 1 unspecified atom stereocenters. The van der Waals surface area contributed by atoms with Crippen molar-refractivity contribution in [3.8, 4) is 5.75 Å². The monoisotopic (exact) mass is 340 g/mol. The zero-order valence-corrected chi connectivity index (χ0v) is 14.5. The summed E-state index contributed by atoms with van der Waals surface area (Å²) in [6.07, 6.45) is 2.18. The predicted molar refractivity (Wildman–Crippen MR) is 97.9 cm³/mol. The van der Waals surface area contributed by atoms with E-state index in [1.807, 2.05) is 55.5 Å². The second-order valence-corrected chi connectivity index (χ2v) is 6.24. The van der Waals surface area contributed by atoms with Crippen LogP contribution >= 0.6 is 0 Å². The maximum absolute atomic E-state index is 12.1. The summed E-state index contributed by atoms with van der Waals surface area (Å²) in [6.45, 7) is 3.76. The van der Waals surface area contributed by atoms with Crippen LogP contribution in [-0.4, -0.2) is 25.3 Å². The molecule has 2 aromatic rings. The lowest BCUT2D eigenvalue weighted by Gasteiger charge is -2.15. The smallest absolute Gasteiger partial charge is 0.319 e. The van der Waals surface area contributed by atoms with Crippen molar-refractivity contribution in [2.75, 3.05) is 18.5 Å². The number of rotatable bonds is 6. The van der Waals surface area contributed by atoms with Crippen LogP contribution in [0.2, 0.25) is 0 Å². The molecule has 1 saturated heterocycles. The van der Waals surface area contributed by atoms with E-state index in [1.165, 1.54) is 0 Å². The zero-order valence-electron chi connectivity index (χ0n) is 14.5. The average molecular weight is 340 g/mol. The van der Waals surface area contributed by atoms with Gasteiger partial charge in [0, 0.05) is 13.2 Å². The van der Waals surface area contributed by atoms with Crippen molar-refractivity contribution in [3.63, 3.8) is 0 Å². The number of aryl methyl sites for hydroxylation is 1. The van der Waals surface area contributed by atoms with Gasteiger partial charge in [0.15, 0.2) is 0 Å². The fourth-order valence-electron chi connectivity index (χ4n) is 2.77. The lowest BCUT2D eigenvalue weighted by atomic mass is 10.2. The van der Waals surface area contributed by atoms with Crippen LogP contribution in [0.15, 0.2) is 48.5 Å². The molecule has 0 bridgehead atoms. The van der Waals surface area contributed by atoms with Crippen LogP contribution in [0.3, 0.4) is 0 Å². The molecule has 0 aromatic heterocycles. The van der Waals surface area contributed by atoms with E-state index >= 15 is 0 Å². The molecule has 25 heavy (non-hydrogen) atoms. The number of ether oxygens (including phenoxy) is 2. The quantitative estimate of drug-likeness (QED) is 0.839. The number of urea groups is 1. The molecule has 1 heterocycles. The molecule has 1 aliphatic heterocycles. The van der Waals surface area contributed by atoms with E-state index in [4.69, 9.17) is 9.47 Å². The van der Waals surface area contributed by atoms with Crippen molar-refractivity contribution < 1.29 is 14.3 Å². The zero-order chi connectivity index (χ0) is 17.5. The van der Waals surface area contributed by atoms with Gasteiger partial charge in [-0.2, -0.15) is 0 Å². The molecular weight excluding hydrogens is 316 g/mol. The van der Waals surface area contributed by atoms with Gasteiger partial charge >= 0.3 is 6.03 Å². The summed E-state index contributed by atoms with van der Waals surface area (Å²) in [5.41, 5.74) is 2.82. The van der Waals surface area contributed by atoms with Crippen LogP contribution in [0, 0.1) is 6.92 Å². The van der Waals surface area contributed by atoms with E-state index in [0.29, 0.717) is 24.6 Å². The molecule has 0 saturated carbocycles. The topological polar surface area (TPSA) is 59.6 Å². The number of hydrogen-bond acceptors (Lipinski definition) is 3. The Balaban J connectivity index is 1.59. The van der Waals surface area contributed by atoms with E-state index in [-0.39, 0.29) is 12.1 Å². The molecule has 2 N–H and O–H groups in total. The number of amides is 2. The molecule has 0 spiro atoms. The number of hydrogen-bond donors (Lipinski definition) is 2. The Morgan fingerprint density at radius 1 is 1.24 bits per heavy atom. The number of carbonyl (C=O) groups excluding carboxylic acids is 1. The summed E-state index contributed by atoms with van der Waals surface area (Å²) in [7, 11) is 0. The largest absolute Gasteiger partial charge is 0.487 e. The van der Waals surface area contributed by atoms with E-state index in [2.05, 4.69) is 10.6 Å². The van der Waals surface area contributed by atoms with Crippen LogP contribution < -0.4 is 15.4 Å².